The molecule has 190 valence electrons. The zero-order valence-corrected chi connectivity index (χ0v) is 22.4. The molecule has 34 heavy (non-hydrogen) atoms. The number of aryl methyl sites for hydroxylation is 1. The van der Waals surface area contributed by atoms with Crippen molar-refractivity contribution in [2.24, 2.45) is 23.2 Å². The van der Waals surface area contributed by atoms with Gasteiger partial charge in [0.1, 0.15) is 18.1 Å². The van der Waals surface area contributed by atoms with Crippen LogP contribution < -0.4 is 0 Å². The maximum absolute atomic E-state index is 12.9. The normalized spacial score (nSPS) is 33.4. The van der Waals surface area contributed by atoms with E-state index in [2.05, 4.69) is 17.1 Å². The van der Waals surface area contributed by atoms with Crippen LogP contribution in [0.1, 0.15) is 78.8 Å². The number of nitrogens with zero attached hydrogens (tertiary/aromatic N) is 1. The summed E-state index contributed by atoms with van der Waals surface area (Å²) in [5.41, 5.74) is 0.673. The minimum absolute atomic E-state index is 0.0737. The third kappa shape index (κ3) is 7.33. The molecule has 1 aliphatic heterocycles. The summed E-state index contributed by atoms with van der Waals surface area (Å²) >= 11 is 5.70. The first-order chi connectivity index (χ1) is 15.8. The highest BCUT2D eigenvalue weighted by Gasteiger charge is 2.39. The Morgan fingerprint density at radius 3 is 2.56 bits per heavy atom. The lowest BCUT2D eigenvalue weighted by Crippen LogP contribution is -2.45. The molecule has 2 N–H and O–H groups in total. The maximum atomic E-state index is 12.9. The van der Waals surface area contributed by atoms with Crippen molar-refractivity contribution in [1.82, 2.24) is 4.98 Å². The van der Waals surface area contributed by atoms with Crippen molar-refractivity contribution in [1.29, 1.82) is 0 Å². The molecule has 2 heterocycles. The molecule has 0 spiro atoms. The summed E-state index contributed by atoms with van der Waals surface area (Å²) < 4.78 is 11.2. The van der Waals surface area contributed by atoms with E-state index in [1.807, 2.05) is 47.6 Å². The third-order valence-electron chi connectivity index (χ3n) is 7.00. The average Bonchev–Trinajstić information content (AvgIpc) is 3.18. The number of aromatic nitrogens is 1. The number of ether oxygens (including phenoxy) is 1. The van der Waals surface area contributed by atoms with Gasteiger partial charge in [-0.1, -0.05) is 59.0 Å². The number of rotatable bonds is 2. The fraction of sp³-hybridized carbons (Fsp3) is 0.667. The molecule has 0 aliphatic carbocycles. The second kappa shape index (κ2) is 12.2. The molecule has 7 heteroatoms. The van der Waals surface area contributed by atoms with Crippen molar-refractivity contribution in [2.75, 3.05) is 0 Å². The molecule has 0 saturated heterocycles. The van der Waals surface area contributed by atoms with E-state index in [-0.39, 0.29) is 24.2 Å². The topological polar surface area (TPSA) is 92.8 Å². The van der Waals surface area contributed by atoms with Crippen molar-refractivity contribution < 1.29 is 24.2 Å². The number of carbonyl (C=O) groups is 1. The Morgan fingerprint density at radius 1 is 1.26 bits per heavy atom. The lowest BCUT2D eigenvalue weighted by atomic mass is 9.74. The Kier molecular flexibility index (Phi) is 10.2. The van der Waals surface area contributed by atoms with Gasteiger partial charge in [0.05, 0.1) is 18.6 Å². The fourth-order valence-electron chi connectivity index (χ4n) is 4.52. The molecule has 0 aromatic carbocycles. The first-order valence-corrected chi connectivity index (χ1v) is 12.6. The number of oxazole rings is 1. The molecule has 6 atom stereocenters. The molecule has 0 fully saturated rings. The number of aliphatic hydroxyl groups excluding tert-OH is 2. The SMILES string of the molecule is C/C(=C\c1coc(C)n1)[C@H]1OC(=O)C[C@H](O)C(C)(C)C(=S)[C@H](C)[C@@H](O)[C@@H](C)CCC/C=C\[C@@H]1C. The minimum atomic E-state index is -1.03. The first kappa shape index (κ1) is 28.4. The summed E-state index contributed by atoms with van der Waals surface area (Å²) in [5.74, 6) is -0.204. The van der Waals surface area contributed by atoms with E-state index >= 15 is 0 Å². The van der Waals surface area contributed by atoms with E-state index in [4.69, 9.17) is 21.4 Å². The van der Waals surface area contributed by atoms with Crippen LogP contribution in [0.4, 0.5) is 0 Å². The van der Waals surface area contributed by atoms with Crippen molar-refractivity contribution in [2.45, 2.75) is 92.5 Å². The Bertz CT molecular complexity index is 903. The van der Waals surface area contributed by atoms with Gasteiger partial charge < -0.3 is 19.4 Å². The molecule has 1 aromatic rings. The summed E-state index contributed by atoms with van der Waals surface area (Å²) in [7, 11) is 0. The van der Waals surface area contributed by atoms with E-state index in [1.54, 1.807) is 13.2 Å². The predicted octanol–water partition coefficient (Wildman–Crippen LogP) is 5.45. The van der Waals surface area contributed by atoms with Gasteiger partial charge in [-0.15, -0.1) is 0 Å². The van der Waals surface area contributed by atoms with Gasteiger partial charge in [-0.05, 0) is 43.8 Å². The van der Waals surface area contributed by atoms with Gasteiger partial charge in [-0.2, -0.15) is 0 Å². The van der Waals surface area contributed by atoms with Gasteiger partial charge in [0.15, 0.2) is 5.89 Å². The number of esters is 1. The highest BCUT2D eigenvalue weighted by atomic mass is 32.1. The number of allylic oxidation sites excluding steroid dienone is 1. The Balaban J connectivity index is 2.34. The summed E-state index contributed by atoms with van der Waals surface area (Å²) in [6, 6.07) is 0. The Hall–Kier alpha value is -1.83. The quantitative estimate of drug-likeness (QED) is 0.323. The zero-order valence-electron chi connectivity index (χ0n) is 21.6. The second-order valence-electron chi connectivity index (χ2n) is 10.4. The molecule has 0 saturated carbocycles. The van der Waals surface area contributed by atoms with Crippen molar-refractivity contribution in [3.05, 3.63) is 35.6 Å². The van der Waals surface area contributed by atoms with Crippen LogP contribution in [0.5, 0.6) is 0 Å². The summed E-state index contributed by atoms with van der Waals surface area (Å²) in [5, 5.41) is 21.8. The second-order valence-corrected chi connectivity index (χ2v) is 10.8. The van der Waals surface area contributed by atoms with Gasteiger partial charge in [-0.25, -0.2) is 4.98 Å². The van der Waals surface area contributed by atoms with Gasteiger partial charge in [0.2, 0.25) is 0 Å². The number of aliphatic hydroxyl groups is 2. The molecule has 0 bridgehead atoms. The average molecular weight is 492 g/mol. The van der Waals surface area contributed by atoms with Crippen LogP contribution in [0.2, 0.25) is 0 Å². The van der Waals surface area contributed by atoms with E-state index in [0.717, 1.165) is 24.8 Å². The maximum Gasteiger partial charge on any atom is 0.309 e. The molecule has 0 unspecified atom stereocenters. The van der Waals surface area contributed by atoms with Crippen molar-refractivity contribution in [3.8, 4) is 0 Å². The molecule has 2 rings (SSSR count). The molecule has 1 aromatic heterocycles. The Labute approximate surface area is 209 Å². The minimum Gasteiger partial charge on any atom is -0.457 e. The molecular weight excluding hydrogens is 450 g/mol. The predicted molar refractivity (Wildman–Crippen MR) is 138 cm³/mol. The number of hydrogen-bond acceptors (Lipinski definition) is 7. The lowest BCUT2D eigenvalue weighted by molar-refractivity contribution is -0.152. The molecular formula is C27H41NO5S. The molecule has 6 nitrogen and oxygen atoms in total. The standard InChI is InChI=1S/C27H41NO5S/c1-16-11-9-8-10-12-17(2)25(18(3)13-21-15-32-20(5)28-21)33-23(30)14-22(29)27(6,7)26(34)19(4)24(16)31/h10,12-13,15-17,19,22,24-25,29,31H,8-9,11,14H2,1-7H3/b12-10-,18-13+/t16-,17-,19+,22-,24-,25-/m0/s1. The summed E-state index contributed by atoms with van der Waals surface area (Å²) in [4.78, 5) is 17.8. The molecule has 0 amide bonds. The summed E-state index contributed by atoms with van der Waals surface area (Å²) in [6.45, 7) is 13.3. The zero-order chi connectivity index (χ0) is 25.6. The molecule has 0 radical (unpaired) electrons. The number of cyclic esters (lactones) is 1. The Morgan fingerprint density at radius 2 is 1.94 bits per heavy atom. The smallest absolute Gasteiger partial charge is 0.309 e. The van der Waals surface area contributed by atoms with E-state index in [1.165, 1.54) is 0 Å². The number of hydrogen-bond donors (Lipinski definition) is 2. The van der Waals surface area contributed by atoms with E-state index < -0.39 is 29.7 Å². The van der Waals surface area contributed by atoms with Gasteiger partial charge in [0.25, 0.3) is 0 Å². The first-order valence-electron chi connectivity index (χ1n) is 12.2. The van der Waals surface area contributed by atoms with Crippen LogP contribution in [0.15, 0.2) is 28.4 Å². The van der Waals surface area contributed by atoms with Crippen LogP contribution in [-0.4, -0.2) is 44.3 Å². The van der Waals surface area contributed by atoms with Crippen LogP contribution >= 0.6 is 12.2 Å². The number of thiocarbonyl (C=S) groups is 1. The van der Waals surface area contributed by atoms with Gasteiger partial charge >= 0.3 is 5.97 Å². The summed E-state index contributed by atoms with van der Waals surface area (Å²) in [6.07, 6.45) is 7.96. The fourth-order valence-corrected chi connectivity index (χ4v) is 4.79. The van der Waals surface area contributed by atoms with E-state index in [0.29, 0.717) is 16.4 Å². The monoisotopic (exact) mass is 491 g/mol. The van der Waals surface area contributed by atoms with Crippen LogP contribution in [0.3, 0.4) is 0 Å². The van der Waals surface area contributed by atoms with E-state index in [9.17, 15) is 15.0 Å². The number of carbonyl (C=O) groups excluding carboxylic acids is 1. The largest absolute Gasteiger partial charge is 0.457 e. The third-order valence-corrected chi connectivity index (χ3v) is 7.90. The van der Waals surface area contributed by atoms with Crippen molar-refractivity contribution >= 4 is 29.1 Å². The van der Waals surface area contributed by atoms with Gasteiger partial charge in [0, 0.05) is 29.0 Å². The van der Waals surface area contributed by atoms with Crippen LogP contribution in [0.25, 0.3) is 6.08 Å². The highest BCUT2D eigenvalue weighted by Crippen LogP contribution is 2.33. The lowest BCUT2D eigenvalue weighted by Gasteiger charge is -2.37. The highest BCUT2D eigenvalue weighted by molar-refractivity contribution is 7.80. The van der Waals surface area contributed by atoms with Gasteiger partial charge in [-0.3, -0.25) is 4.79 Å². The molecule has 1 aliphatic rings. The van der Waals surface area contributed by atoms with Crippen molar-refractivity contribution in [3.63, 3.8) is 0 Å². The van der Waals surface area contributed by atoms with Crippen LogP contribution in [-0.2, 0) is 9.53 Å². The van der Waals surface area contributed by atoms with Crippen LogP contribution in [0, 0.1) is 30.1 Å².